The molecule has 7 heteroatoms. The highest BCUT2D eigenvalue weighted by molar-refractivity contribution is 7.12. The lowest BCUT2D eigenvalue weighted by molar-refractivity contribution is 0.0520. The number of ether oxygens (including phenoxy) is 1. The molecule has 1 saturated heterocycles. The Balaban J connectivity index is 1.59. The SMILES string of the molecule is COc1csc(C(=O)N2CCN(C(=O)c3ccc(C)o3)CC2)c1. The smallest absolute Gasteiger partial charge is 0.289 e. The first kappa shape index (κ1) is 15.6. The van der Waals surface area contributed by atoms with Gasteiger partial charge in [0.25, 0.3) is 11.8 Å². The third-order valence-electron chi connectivity index (χ3n) is 3.83. The van der Waals surface area contributed by atoms with Gasteiger partial charge >= 0.3 is 0 Å². The van der Waals surface area contributed by atoms with E-state index in [1.165, 1.54) is 11.3 Å². The normalized spacial score (nSPS) is 14.9. The molecule has 0 N–H and O–H groups in total. The molecule has 122 valence electrons. The second kappa shape index (κ2) is 6.45. The molecule has 2 amide bonds. The van der Waals surface area contributed by atoms with Gasteiger partial charge in [-0.25, -0.2) is 0 Å². The molecule has 0 bridgehead atoms. The molecule has 0 spiro atoms. The van der Waals surface area contributed by atoms with Crippen LogP contribution in [-0.2, 0) is 0 Å². The maximum atomic E-state index is 12.4. The van der Waals surface area contributed by atoms with Gasteiger partial charge in [-0.2, -0.15) is 0 Å². The quantitative estimate of drug-likeness (QED) is 0.864. The van der Waals surface area contributed by atoms with Gasteiger partial charge in [0, 0.05) is 37.6 Å². The standard InChI is InChI=1S/C16H18N2O4S/c1-11-3-4-13(22-11)15(19)17-5-7-18(8-6-17)16(20)14-9-12(21-2)10-23-14/h3-4,9-10H,5-8H2,1-2H3. The van der Waals surface area contributed by atoms with Crippen molar-refractivity contribution < 1.29 is 18.7 Å². The van der Waals surface area contributed by atoms with E-state index in [1.807, 2.05) is 12.3 Å². The highest BCUT2D eigenvalue weighted by Gasteiger charge is 2.27. The minimum absolute atomic E-state index is 0.0146. The first-order valence-corrected chi connectivity index (χ1v) is 8.24. The Morgan fingerprint density at radius 2 is 1.78 bits per heavy atom. The Kier molecular flexibility index (Phi) is 4.38. The summed E-state index contributed by atoms with van der Waals surface area (Å²) in [5.41, 5.74) is 0. The maximum absolute atomic E-state index is 12.4. The summed E-state index contributed by atoms with van der Waals surface area (Å²) in [4.78, 5) is 28.9. The Morgan fingerprint density at radius 1 is 1.13 bits per heavy atom. The lowest BCUT2D eigenvalue weighted by atomic mass is 10.2. The van der Waals surface area contributed by atoms with Crippen LogP contribution >= 0.6 is 11.3 Å². The molecular weight excluding hydrogens is 316 g/mol. The molecule has 0 saturated carbocycles. The number of hydrogen-bond donors (Lipinski definition) is 0. The second-order valence-corrected chi connectivity index (χ2v) is 6.26. The fourth-order valence-electron chi connectivity index (χ4n) is 2.51. The van der Waals surface area contributed by atoms with Crippen LogP contribution < -0.4 is 4.74 Å². The van der Waals surface area contributed by atoms with Crippen LogP contribution in [0.4, 0.5) is 0 Å². The van der Waals surface area contributed by atoms with Crippen LogP contribution in [0.1, 0.15) is 26.0 Å². The second-order valence-electron chi connectivity index (χ2n) is 5.35. The van der Waals surface area contributed by atoms with Crippen molar-refractivity contribution in [3.05, 3.63) is 40.0 Å². The number of thiophene rings is 1. The molecule has 0 aliphatic carbocycles. The maximum Gasteiger partial charge on any atom is 0.289 e. The van der Waals surface area contributed by atoms with Crippen LogP contribution in [0, 0.1) is 6.92 Å². The van der Waals surface area contributed by atoms with Crippen LogP contribution in [0.3, 0.4) is 0 Å². The molecule has 3 heterocycles. The van der Waals surface area contributed by atoms with Gasteiger partial charge in [0.15, 0.2) is 5.76 Å². The summed E-state index contributed by atoms with van der Waals surface area (Å²) in [5, 5.41) is 1.81. The van der Waals surface area contributed by atoms with Crippen molar-refractivity contribution >= 4 is 23.2 Å². The molecule has 0 unspecified atom stereocenters. The van der Waals surface area contributed by atoms with Gasteiger partial charge in [-0.3, -0.25) is 9.59 Å². The fraction of sp³-hybridized carbons (Fsp3) is 0.375. The average molecular weight is 334 g/mol. The number of rotatable bonds is 3. The zero-order chi connectivity index (χ0) is 16.4. The number of furan rings is 1. The summed E-state index contributed by atoms with van der Waals surface area (Å²) >= 11 is 1.37. The molecule has 23 heavy (non-hydrogen) atoms. The number of aryl methyl sites for hydroxylation is 1. The van der Waals surface area contributed by atoms with Gasteiger partial charge in [0.2, 0.25) is 0 Å². The van der Waals surface area contributed by atoms with E-state index in [4.69, 9.17) is 9.15 Å². The molecule has 0 atom stereocenters. The Bertz CT molecular complexity index is 713. The highest BCUT2D eigenvalue weighted by atomic mass is 32.1. The number of carbonyl (C=O) groups excluding carboxylic acids is 2. The van der Waals surface area contributed by atoms with E-state index in [9.17, 15) is 9.59 Å². The summed E-state index contributed by atoms with van der Waals surface area (Å²) in [7, 11) is 1.58. The van der Waals surface area contributed by atoms with E-state index in [1.54, 1.807) is 35.1 Å². The van der Waals surface area contributed by atoms with E-state index in [0.29, 0.717) is 48.3 Å². The minimum Gasteiger partial charge on any atom is -0.496 e. The van der Waals surface area contributed by atoms with Crippen molar-refractivity contribution in [2.24, 2.45) is 0 Å². The average Bonchev–Trinajstić information content (AvgIpc) is 3.22. The van der Waals surface area contributed by atoms with Crippen LogP contribution in [0.15, 0.2) is 28.0 Å². The fourth-order valence-corrected chi connectivity index (χ4v) is 3.33. The third-order valence-corrected chi connectivity index (χ3v) is 4.72. The Morgan fingerprint density at radius 3 is 2.30 bits per heavy atom. The first-order valence-electron chi connectivity index (χ1n) is 7.36. The lowest BCUT2D eigenvalue weighted by Crippen LogP contribution is -2.50. The number of methoxy groups -OCH3 is 1. The monoisotopic (exact) mass is 334 g/mol. The van der Waals surface area contributed by atoms with Crippen LogP contribution in [-0.4, -0.2) is 54.9 Å². The van der Waals surface area contributed by atoms with Gasteiger partial charge in [-0.1, -0.05) is 0 Å². The van der Waals surface area contributed by atoms with Crippen LogP contribution in [0.25, 0.3) is 0 Å². The number of carbonyl (C=O) groups is 2. The number of piperazine rings is 1. The van der Waals surface area contributed by atoms with Gasteiger partial charge in [-0.05, 0) is 19.1 Å². The summed E-state index contributed by atoms with van der Waals surface area (Å²) in [6.45, 7) is 3.86. The molecule has 3 rings (SSSR count). The molecule has 2 aromatic rings. The molecule has 6 nitrogen and oxygen atoms in total. The minimum atomic E-state index is -0.122. The predicted molar refractivity (Wildman–Crippen MR) is 86.1 cm³/mol. The van der Waals surface area contributed by atoms with Gasteiger partial charge in [-0.15, -0.1) is 11.3 Å². The predicted octanol–water partition coefficient (Wildman–Crippen LogP) is 2.26. The van der Waals surface area contributed by atoms with Crippen LogP contribution in [0.5, 0.6) is 5.75 Å². The van der Waals surface area contributed by atoms with Crippen molar-refractivity contribution in [1.29, 1.82) is 0 Å². The summed E-state index contributed by atoms with van der Waals surface area (Å²) in [5.74, 6) is 1.63. The van der Waals surface area contributed by atoms with Gasteiger partial charge in [0.05, 0.1) is 12.0 Å². The number of hydrogen-bond acceptors (Lipinski definition) is 5. The molecule has 0 radical (unpaired) electrons. The van der Waals surface area contributed by atoms with E-state index in [0.717, 1.165) is 0 Å². The molecule has 1 aliphatic heterocycles. The first-order chi connectivity index (χ1) is 11.1. The summed E-state index contributed by atoms with van der Waals surface area (Å²) in [6.07, 6.45) is 0. The zero-order valence-corrected chi connectivity index (χ0v) is 13.9. The van der Waals surface area contributed by atoms with Crippen molar-refractivity contribution in [1.82, 2.24) is 9.80 Å². The van der Waals surface area contributed by atoms with Crippen molar-refractivity contribution in [2.45, 2.75) is 6.92 Å². The van der Waals surface area contributed by atoms with Crippen LogP contribution in [0.2, 0.25) is 0 Å². The number of amides is 2. The number of nitrogens with zero attached hydrogens (tertiary/aromatic N) is 2. The highest BCUT2D eigenvalue weighted by Crippen LogP contribution is 2.23. The molecule has 2 aromatic heterocycles. The van der Waals surface area contributed by atoms with Crippen molar-refractivity contribution in [2.75, 3.05) is 33.3 Å². The molecule has 0 aromatic carbocycles. The van der Waals surface area contributed by atoms with E-state index in [2.05, 4.69) is 0 Å². The largest absolute Gasteiger partial charge is 0.496 e. The Hall–Kier alpha value is -2.28. The van der Waals surface area contributed by atoms with Gasteiger partial charge < -0.3 is 19.0 Å². The summed E-state index contributed by atoms with van der Waals surface area (Å²) < 4.78 is 10.5. The molecular formula is C16H18N2O4S. The van der Waals surface area contributed by atoms with E-state index < -0.39 is 0 Å². The molecule has 1 aliphatic rings. The summed E-state index contributed by atoms with van der Waals surface area (Å²) in [6, 6.07) is 5.21. The topological polar surface area (TPSA) is 63.0 Å². The Labute approximate surface area is 138 Å². The van der Waals surface area contributed by atoms with E-state index >= 15 is 0 Å². The zero-order valence-electron chi connectivity index (χ0n) is 13.1. The van der Waals surface area contributed by atoms with Crippen molar-refractivity contribution in [3.8, 4) is 5.75 Å². The van der Waals surface area contributed by atoms with E-state index in [-0.39, 0.29) is 11.8 Å². The third kappa shape index (κ3) is 3.24. The van der Waals surface area contributed by atoms with Crippen molar-refractivity contribution in [3.63, 3.8) is 0 Å². The molecule has 1 fully saturated rings. The lowest BCUT2D eigenvalue weighted by Gasteiger charge is -2.34. The van der Waals surface area contributed by atoms with Gasteiger partial charge in [0.1, 0.15) is 11.5 Å².